The first kappa shape index (κ1) is 74.1. The molecule has 0 fully saturated rings. The van der Waals surface area contributed by atoms with Gasteiger partial charge in [-0.2, -0.15) is 0 Å². The van der Waals surface area contributed by atoms with E-state index in [0.717, 1.165) is 50.0 Å². The number of benzene rings is 19. The van der Waals surface area contributed by atoms with Gasteiger partial charge in [-0.15, -0.1) is 0 Å². The average molecular weight is 1690 g/mol. The van der Waals surface area contributed by atoms with Crippen LogP contribution in [0.15, 0.2) is 467 Å². The lowest BCUT2D eigenvalue weighted by Crippen LogP contribution is -2.32. The zero-order valence-electron chi connectivity index (χ0n) is 67.8. The van der Waals surface area contributed by atoms with Crippen molar-refractivity contribution < 1.29 is 0 Å². The molecular weight excluding hydrogens is 1620 g/mol. The summed E-state index contributed by atoms with van der Waals surface area (Å²) in [6, 6.07) is 160. The van der Waals surface area contributed by atoms with E-state index in [0.29, 0.717) is 0 Å². The third-order valence-electron chi connectivity index (χ3n) is 25.9. The molecule has 0 amide bonds. The first-order chi connectivity index (χ1) is 61.9. The van der Waals surface area contributed by atoms with Crippen LogP contribution in [0.25, 0.3) is 122 Å². The fourth-order valence-electron chi connectivity index (χ4n) is 20.7. The Labute approximate surface area is 743 Å². The average Bonchev–Trinajstić information content (AvgIpc) is 1.51. The van der Waals surface area contributed by atoms with E-state index in [1.165, 1.54) is 168 Å². The SMILES string of the molecule is Brc1ccc2c(c1)C1(c3ccccc3Sc3ccccc31)c1c-2ccc2ccccc12.[C+]1=Cc2c(c3cc(Nc4ccc(-c5ccccc5)cc4)ccc3n2-c2ccccc2)C=C1.c1ccc(-c2ccc(N(c3ccc4c(c3)C3(c5ccccc5Sc5ccccc53)c3c-4ccc4ccccc34)c3ccc4c(c3)c3ccccc3n4-c3ccccc3)cc2)cc1. The summed E-state index contributed by atoms with van der Waals surface area (Å²) in [5.41, 5.74) is 33.9. The third-order valence-corrected chi connectivity index (χ3v) is 28.7. The molecule has 5 aliphatic rings. The minimum absolute atomic E-state index is 0.326. The Hall–Kier alpha value is -14.8. The second-order valence-corrected chi connectivity index (χ2v) is 35.7. The normalized spacial score (nSPS) is 13.3. The van der Waals surface area contributed by atoms with Gasteiger partial charge in [-0.3, -0.25) is 4.57 Å². The predicted molar refractivity (Wildman–Crippen MR) is 528 cm³/mol. The fraction of sp³-hybridized carbons (Fsp3) is 0.0169. The molecule has 1 N–H and O–H groups in total. The summed E-state index contributed by atoms with van der Waals surface area (Å²) in [5.74, 6) is 0. The zero-order chi connectivity index (χ0) is 82.7. The summed E-state index contributed by atoms with van der Waals surface area (Å²) in [7, 11) is 0. The van der Waals surface area contributed by atoms with Crippen LogP contribution in [0.2, 0.25) is 0 Å². The Morgan fingerprint density at radius 2 is 0.696 bits per heavy atom. The molecule has 3 aliphatic carbocycles. The molecular formula is C118H76BrN4S2+. The smallest absolute Gasteiger partial charge is 0.166 e. The topological polar surface area (TPSA) is 25.1 Å². The molecule has 0 saturated carbocycles. The minimum Gasteiger partial charge on any atom is -0.356 e. The van der Waals surface area contributed by atoms with Crippen molar-refractivity contribution in [3.63, 3.8) is 0 Å². The van der Waals surface area contributed by atoms with E-state index in [2.05, 4.69) is 484 Å². The molecule has 7 heteroatoms. The molecule has 2 spiro atoms. The van der Waals surface area contributed by atoms with Gasteiger partial charge in [0.1, 0.15) is 17.7 Å². The van der Waals surface area contributed by atoms with Crippen LogP contribution in [0.4, 0.5) is 28.4 Å². The maximum atomic E-state index is 3.78. The zero-order valence-corrected chi connectivity index (χ0v) is 71.1. The maximum absolute atomic E-state index is 3.78. The number of halogens is 1. The van der Waals surface area contributed by atoms with Gasteiger partial charge in [0.05, 0.1) is 39.1 Å². The third kappa shape index (κ3) is 12.0. The van der Waals surface area contributed by atoms with Gasteiger partial charge in [0, 0.05) is 80.4 Å². The van der Waals surface area contributed by atoms with E-state index < -0.39 is 5.41 Å². The van der Waals surface area contributed by atoms with Gasteiger partial charge in [0.25, 0.3) is 0 Å². The minimum atomic E-state index is -0.532. The molecule has 4 nitrogen and oxygen atoms in total. The van der Waals surface area contributed by atoms with Crippen LogP contribution < -0.4 is 10.2 Å². The molecule has 21 aromatic rings. The van der Waals surface area contributed by atoms with Gasteiger partial charge in [-0.25, -0.2) is 0 Å². The van der Waals surface area contributed by atoms with Crippen LogP contribution in [-0.2, 0) is 10.8 Å². The van der Waals surface area contributed by atoms with Crippen LogP contribution in [0, 0.1) is 6.08 Å². The van der Waals surface area contributed by atoms with Gasteiger partial charge in [0.2, 0.25) is 0 Å². The van der Waals surface area contributed by atoms with E-state index in [9.17, 15) is 0 Å². The van der Waals surface area contributed by atoms with E-state index >= 15 is 0 Å². The Kier molecular flexibility index (Phi) is 18.0. The van der Waals surface area contributed by atoms with Gasteiger partial charge in [-0.05, 0) is 250 Å². The molecule has 125 heavy (non-hydrogen) atoms. The van der Waals surface area contributed by atoms with Crippen molar-refractivity contribution >= 4 is 134 Å². The summed E-state index contributed by atoms with van der Waals surface area (Å²) in [5, 5.41) is 12.4. The molecule has 0 radical (unpaired) electrons. The lowest BCUT2D eigenvalue weighted by molar-refractivity contribution is 0.728. The summed E-state index contributed by atoms with van der Waals surface area (Å²) < 4.78 is 5.82. The summed E-state index contributed by atoms with van der Waals surface area (Å²) in [6.07, 6.45) is 9.44. The highest BCUT2D eigenvalue weighted by atomic mass is 79.9. The molecule has 0 bridgehead atoms. The van der Waals surface area contributed by atoms with Crippen LogP contribution in [0.5, 0.6) is 0 Å². The lowest BCUT2D eigenvalue weighted by Gasteiger charge is -2.40. The van der Waals surface area contributed by atoms with Crippen molar-refractivity contribution in [3.8, 4) is 55.9 Å². The Bertz CT molecular complexity index is 7850. The summed E-state index contributed by atoms with van der Waals surface area (Å²) >= 11 is 7.57. The molecule has 586 valence electrons. The molecule has 0 saturated heterocycles. The summed E-state index contributed by atoms with van der Waals surface area (Å²) in [4.78, 5) is 7.75. The maximum Gasteiger partial charge on any atom is 0.166 e. The number of allylic oxidation sites excluding steroid dienone is 2. The molecule has 19 aromatic carbocycles. The molecule has 0 unspecified atom stereocenters. The second kappa shape index (κ2) is 30.4. The van der Waals surface area contributed by atoms with Crippen molar-refractivity contribution in [2.45, 2.75) is 30.4 Å². The quantitative estimate of drug-likeness (QED) is 0.146. The number of hydrogen-bond donors (Lipinski definition) is 1. The highest BCUT2D eigenvalue weighted by Crippen LogP contribution is 2.66. The standard InChI is InChI=1S/C59H38N2S.C30H21N2.C29H17BrS/c1-3-15-39(16-4-1)40-27-30-43(31-28-40)60(44-33-36-55-50(37-44)48-21-9-12-24-54(48)61(55)42-18-5-2-6-19-42)45-32-35-47-49-34-29-41-17-7-8-20-46(41)58(49)59(53(47)38-45)51-22-10-13-25-56(51)62-57-26-14-11-23-52(57)59;1-3-9-22(10-4-1)23-15-17-24(18-16-23)31-25-19-20-30-28(21-25)27-13-7-8-14-29(27)32(30)26-11-5-2-6-12-26;30-19-14-16-21-22-15-13-18-7-1-2-8-20(18)28(22)29(25(21)17-19)23-9-3-5-11-26(23)31-27-12-6-4-10-24(27)29/h1-38H;1-7,9-21,31H;1-17H/q;+1;. The molecule has 4 heterocycles. The Balaban J connectivity index is 0.000000116. The van der Waals surface area contributed by atoms with Crippen LogP contribution in [0.3, 0.4) is 0 Å². The number of hydrogen-bond acceptors (Lipinski definition) is 4. The van der Waals surface area contributed by atoms with Crippen LogP contribution in [0.1, 0.15) is 55.8 Å². The van der Waals surface area contributed by atoms with Gasteiger partial charge in [-0.1, -0.05) is 337 Å². The van der Waals surface area contributed by atoms with Crippen LogP contribution >= 0.6 is 39.5 Å². The number of nitrogens with one attached hydrogen (secondary N) is 1. The van der Waals surface area contributed by atoms with Crippen molar-refractivity contribution in [2.75, 3.05) is 10.2 Å². The largest absolute Gasteiger partial charge is 0.356 e. The number of fused-ring (bicyclic) bond motifs is 28. The first-order valence-electron chi connectivity index (χ1n) is 42.6. The number of para-hydroxylation sites is 3. The van der Waals surface area contributed by atoms with Gasteiger partial charge in [0.15, 0.2) is 5.69 Å². The molecule has 2 aliphatic heterocycles. The molecule has 26 rings (SSSR count). The monoisotopic (exact) mass is 1690 g/mol. The van der Waals surface area contributed by atoms with Crippen LogP contribution in [-0.4, -0.2) is 9.13 Å². The number of aromatic nitrogens is 2. The lowest BCUT2D eigenvalue weighted by atomic mass is 9.66. The fourth-order valence-corrected chi connectivity index (χ4v) is 23.4. The van der Waals surface area contributed by atoms with Crippen molar-refractivity contribution in [3.05, 3.63) is 509 Å². The molecule has 0 atom stereocenters. The highest BCUT2D eigenvalue weighted by Gasteiger charge is 2.53. The Morgan fingerprint density at radius 1 is 0.288 bits per heavy atom. The number of nitrogens with zero attached hydrogens (tertiary/aromatic N) is 3. The van der Waals surface area contributed by atoms with Crippen molar-refractivity contribution in [1.29, 1.82) is 0 Å². The summed E-state index contributed by atoms with van der Waals surface area (Å²) in [6.45, 7) is 0. The van der Waals surface area contributed by atoms with Crippen molar-refractivity contribution in [1.82, 2.24) is 9.13 Å². The Morgan fingerprint density at radius 3 is 1.26 bits per heavy atom. The van der Waals surface area contributed by atoms with Gasteiger partial charge < -0.3 is 14.8 Å². The van der Waals surface area contributed by atoms with E-state index in [-0.39, 0.29) is 5.41 Å². The predicted octanol–water partition coefficient (Wildman–Crippen LogP) is 32.2. The number of rotatable bonds is 9. The molecule has 2 aromatic heterocycles. The van der Waals surface area contributed by atoms with E-state index in [4.69, 9.17) is 0 Å². The van der Waals surface area contributed by atoms with Crippen molar-refractivity contribution in [2.24, 2.45) is 0 Å². The second-order valence-electron chi connectivity index (χ2n) is 32.6. The van der Waals surface area contributed by atoms with Gasteiger partial charge >= 0.3 is 0 Å². The van der Waals surface area contributed by atoms with E-state index in [1.54, 1.807) is 0 Å². The van der Waals surface area contributed by atoms with E-state index in [1.807, 2.05) is 35.7 Å². The number of anilines is 5. The first-order valence-corrected chi connectivity index (χ1v) is 45.0. The highest BCUT2D eigenvalue weighted by molar-refractivity contribution is 9.10.